The highest BCUT2D eigenvalue weighted by Gasteiger charge is 2.68. The van der Waals surface area contributed by atoms with Crippen LogP contribution in [0.5, 0.6) is 0 Å². The Labute approximate surface area is 47.2 Å². The van der Waals surface area contributed by atoms with Gasteiger partial charge in [0.1, 0.15) is 5.67 Å². The Morgan fingerprint density at radius 3 is 2.00 bits per heavy atom. The van der Waals surface area contributed by atoms with E-state index in [4.69, 9.17) is 5.84 Å². The topological polar surface area (TPSA) is 38.0 Å². The lowest BCUT2D eigenvalue weighted by atomic mass is 9.48. The molecule has 3 N–H and O–H groups in total. The molecule has 3 aliphatic carbocycles. The highest BCUT2D eigenvalue weighted by Crippen LogP contribution is 2.62. The minimum absolute atomic E-state index is 0.0226. The number of nitrogens with two attached hydrogens (primary N) is 1. The lowest BCUT2D eigenvalue weighted by Gasteiger charge is -2.65. The molecule has 2 bridgehead atoms. The third-order valence-corrected chi connectivity index (χ3v) is 2.27. The number of halogens is 1. The zero-order valence-electron chi connectivity index (χ0n) is 4.58. The van der Waals surface area contributed by atoms with Gasteiger partial charge in [0, 0.05) is 24.8 Å². The molecule has 0 unspecified atom stereocenters. The SMILES string of the molecule is NNC12CC(F)(C1)C2. The zero-order valence-corrected chi connectivity index (χ0v) is 4.58. The van der Waals surface area contributed by atoms with E-state index in [-0.39, 0.29) is 5.54 Å². The van der Waals surface area contributed by atoms with Gasteiger partial charge in [0.05, 0.1) is 0 Å². The monoisotopic (exact) mass is 116 g/mol. The first-order chi connectivity index (χ1) is 3.68. The summed E-state index contributed by atoms with van der Waals surface area (Å²) in [5, 5.41) is 0. The number of hydrogen-bond donors (Lipinski definition) is 2. The molecular weight excluding hydrogens is 107 g/mol. The minimum Gasteiger partial charge on any atom is -0.271 e. The van der Waals surface area contributed by atoms with Gasteiger partial charge in [-0.05, 0) is 0 Å². The lowest BCUT2D eigenvalue weighted by molar-refractivity contribution is -0.169. The van der Waals surface area contributed by atoms with Crippen LogP contribution in [-0.4, -0.2) is 11.2 Å². The molecule has 0 aromatic carbocycles. The van der Waals surface area contributed by atoms with E-state index in [0.29, 0.717) is 19.3 Å². The average Bonchev–Trinajstić information content (AvgIpc) is 1.55. The predicted octanol–water partition coefficient (Wildman–Crippen LogP) is 0.0943. The van der Waals surface area contributed by atoms with E-state index in [1.807, 2.05) is 0 Å². The second-order valence-corrected chi connectivity index (χ2v) is 3.11. The fourth-order valence-corrected chi connectivity index (χ4v) is 1.82. The van der Waals surface area contributed by atoms with E-state index >= 15 is 0 Å². The van der Waals surface area contributed by atoms with Gasteiger partial charge in [0.2, 0.25) is 0 Å². The van der Waals surface area contributed by atoms with Crippen molar-refractivity contribution in [1.82, 2.24) is 5.43 Å². The molecule has 0 aliphatic heterocycles. The largest absolute Gasteiger partial charge is 0.271 e. The van der Waals surface area contributed by atoms with E-state index in [0.717, 1.165) is 0 Å². The third kappa shape index (κ3) is 0.317. The number of hydrazine groups is 1. The molecule has 3 heteroatoms. The highest BCUT2D eigenvalue weighted by molar-refractivity contribution is 5.24. The first-order valence-electron chi connectivity index (χ1n) is 2.85. The summed E-state index contributed by atoms with van der Waals surface area (Å²) in [6, 6.07) is 0. The average molecular weight is 116 g/mol. The van der Waals surface area contributed by atoms with Crippen molar-refractivity contribution in [2.75, 3.05) is 0 Å². The van der Waals surface area contributed by atoms with Gasteiger partial charge < -0.3 is 0 Å². The van der Waals surface area contributed by atoms with Gasteiger partial charge in [-0.15, -0.1) is 0 Å². The summed E-state index contributed by atoms with van der Waals surface area (Å²) < 4.78 is 12.6. The van der Waals surface area contributed by atoms with Crippen molar-refractivity contribution in [3.05, 3.63) is 0 Å². The summed E-state index contributed by atoms with van der Waals surface area (Å²) in [4.78, 5) is 0. The normalized spacial score (nSPS) is 59.2. The van der Waals surface area contributed by atoms with Gasteiger partial charge in [0.15, 0.2) is 0 Å². The van der Waals surface area contributed by atoms with Crippen LogP contribution < -0.4 is 11.3 Å². The van der Waals surface area contributed by atoms with Crippen LogP contribution in [-0.2, 0) is 0 Å². The van der Waals surface area contributed by atoms with Gasteiger partial charge >= 0.3 is 0 Å². The quantitative estimate of drug-likeness (QED) is 0.376. The van der Waals surface area contributed by atoms with E-state index in [1.54, 1.807) is 0 Å². The van der Waals surface area contributed by atoms with Crippen molar-refractivity contribution in [3.63, 3.8) is 0 Å². The molecule has 0 aromatic rings. The first-order valence-corrected chi connectivity index (χ1v) is 2.85. The Morgan fingerprint density at radius 1 is 1.38 bits per heavy atom. The van der Waals surface area contributed by atoms with E-state index in [2.05, 4.69) is 5.43 Å². The number of rotatable bonds is 1. The van der Waals surface area contributed by atoms with Crippen molar-refractivity contribution in [2.45, 2.75) is 30.5 Å². The highest BCUT2D eigenvalue weighted by atomic mass is 19.1. The standard InChI is InChI=1S/C5H9FN2/c6-4-1-5(2-4,3-4)8-7/h8H,1-3,7H2. The summed E-state index contributed by atoms with van der Waals surface area (Å²) in [6.07, 6.45) is 1.91. The van der Waals surface area contributed by atoms with Crippen LogP contribution in [0.15, 0.2) is 0 Å². The van der Waals surface area contributed by atoms with E-state index in [1.165, 1.54) is 0 Å². The molecule has 46 valence electrons. The number of alkyl halides is 1. The summed E-state index contributed by atoms with van der Waals surface area (Å²) >= 11 is 0. The molecule has 3 rings (SSSR count). The van der Waals surface area contributed by atoms with Crippen LogP contribution in [0.25, 0.3) is 0 Å². The summed E-state index contributed by atoms with van der Waals surface area (Å²) in [5.74, 6) is 5.15. The van der Waals surface area contributed by atoms with Crippen molar-refractivity contribution in [2.24, 2.45) is 5.84 Å². The Balaban J connectivity index is 2.04. The second-order valence-electron chi connectivity index (χ2n) is 3.11. The van der Waals surface area contributed by atoms with Gasteiger partial charge in [-0.25, -0.2) is 4.39 Å². The molecule has 0 saturated heterocycles. The van der Waals surface area contributed by atoms with Gasteiger partial charge in [-0.3, -0.25) is 11.3 Å². The van der Waals surface area contributed by atoms with Crippen molar-refractivity contribution >= 4 is 0 Å². The third-order valence-electron chi connectivity index (χ3n) is 2.27. The second kappa shape index (κ2) is 0.933. The fraction of sp³-hybridized carbons (Fsp3) is 1.00. The van der Waals surface area contributed by atoms with Crippen LogP contribution in [0.2, 0.25) is 0 Å². The number of nitrogens with one attached hydrogen (secondary N) is 1. The Morgan fingerprint density at radius 2 is 1.88 bits per heavy atom. The van der Waals surface area contributed by atoms with E-state index < -0.39 is 5.67 Å². The molecule has 2 nitrogen and oxygen atoms in total. The molecule has 0 heterocycles. The molecule has 3 fully saturated rings. The summed E-state index contributed by atoms with van der Waals surface area (Å²) in [7, 11) is 0. The summed E-state index contributed by atoms with van der Waals surface area (Å²) in [5.41, 5.74) is 1.84. The Kier molecular flexibility index (Phi) is 0.549. The van der Waals surface area contributed by atoms with E-state index in [9.17, 15) is 4.39 Å². The molecule has 3 saturated carbocycles. The Hall–Kier alpha value is -0.150. The predicted molar refractivity (Wildman–Crippen MR) is 27.7 cm³/mol. The molecule has 0 radical (unpaired) electrons. The fourth-order valence-electron chi connectivity index (χ4n) is 1.82. The zero-order chi connectivity index (χ0) is 5.83. The minimum atomic E-state index is -0.813. The van der Waals surface area contributed by atoms with Crippen LogP contribution in [0.1, 0.15) is 19.3 Å². The van der Waals surface area contributed by atoms with Crippen LogP contribution in [0.4, 0.5) is 4.39 Å². The van der Waals surface area contributed by atoms with Crippen molar-refractivity contribution in [3.8, 4) is 0 Å². The van der Waals surface area contributed by atoms with Gasteiger partial charge in [-0.1, -0.05) is 0 Å². The van der Waals surface area contributed by atoms with Gasteiger partial charge in [-0.2, -0.15) is 0 Å². The number of hydrogen-bond acceptors (Lipinski definition) is 2. The smallest absolute Gasteiger partial charge is 0.116 e. The first kappa shape index (κ1) is 4.70. The van der Waals surface area contributed by atoms with Crippen LogP contribution >= 0.6 is 0 Å². The van der Waals surface area contributed by atoms with Crippen LogP contribution in [0.3, 0.4) is 0 Å². The Bertz CT molecular complexity index is 115. The molecule has 0 aromatic heterocycles. The maximum absolute atomic E-state index is 12.6. The van der Waals surface area contributed by atoms with Gasteiger partial charge in [0.25, 0.3) is 0 Å². The van der Waals surface area contributed by atoms with Crippen molar-refractivity contribution < 1.29 is 4.39 Å². The summed E-state index contributed by atoms with van der Waals surface area (Å²) in [6.45, 7) is 0. The molecular formula is C5H9FN2. The maximum atomic E-state index is 12.6. The lowest BCUT2D eigenvalue weighted by Crippen LogP contribution is -2.77. The molecule has 0 spiro atoms. The van der Waals surface area contributed by atoms with Crippen LogP contribution in [0, 0.1) is 0 Å². The maximum Gasteiger partial charge on any atom is 0.116 e. The molecule has 0 atom stereocenters. The van der Waals surface area contributed by atoms with Crippen molar-refractivity contribution in [1.29, 1.82) is 0 Å². The molecule has 3 aliphatic rings. The molecule has 8 heavy (non-hydrogen) atoms. The molecule has 0 amide bonds.